The highest BCUT2D eigenvalue weighted by molar-refractivity contribution is 5.12. The van der Waals surface area contributed by atoms with E-state index < -0.39 is 12.7 Å². The molecule has 0 aromatic heterocycles. The predicted octanol–water partition coefficient (Wildman–Crippen LogP) is 1.86. The second kappa shape index (κ2) is 8.73. The Morgan fingerprint density at radius 1 is 1.05 bits per heavy atom. The van der Waals surface area contributed by atoms with Crippen LogP contribution in [0.2, 0.25) is 0 Å². The third kappa shape index (κ3) is 7.93. The molecule has 0 aromatic carbocycles. The van der Waals surface area contributed by atoms with Crippen molar-refractivity contribution in [1.29, 1.82) is 0 Å². The minimum absolute atomic E-state index is 0.360. The van der Waals surface area contributed by atoms with Crippen molar-refractivity contribution in [1.82, 2.24) is 9.80 Å². The molecule has 1 aliphatic heterocycles. The zero-order valence-corrected chi connectivity index (χ0v) is 12.4. The molecule has 0 atom stereocenters. The van der Waals surface area contributed by atoms with Gasteiger partial charge in [0.15, 0.2) is 0 Å². The standard InChI is InChI=1S/C11H19F3N4.C2H6/c1-9(15)2-3-10(16)18-6-4-17(5-7-18)8-11(12,13)14;1-2/h2-3H,4-8,15-16H2,1H3;1-2H3/b9-2-,10-3+;. The molecule has 0 radical (unpaired) electrons. The van der Waals surface area contributed by atoms with E-state index >= 15 is 0 Å². The number of allylic oxidation sites excluding steroid dienone is 3. The molecule has 1 rings (SSSR count). The Bertz CT molecular complexity index is 325. The highest BCUT2D eigenvalue weighted by Crippen LogP contribution is 2.17. The van der Waals surface area contributed by atoms with Gasteiger partial charge in [-0.05, 0) is 19.1 Å². The van der Waals surface area contributed by atoms with Gasteiger partial charge in [-0.3, -0.25) is 4.90 Å². The van der Waals surface area contributed by atoms with Gasteiger partial charge in [-0.1, -0.05) is 13.8 Å². The molecular weight excluding hydrogens is 269 g/mol. The molecule has 1 aliphatic rings. The van der Waals surface area contributed by atoms with E-state index in [0.29, 0.717) is 37.7 Å². The third-order valence-electron chi connectivity index (χ3n) is 2.66. The topological polar surface area (TPSA) is 58.5 Å². The Hall–Kier alpha value is -1.37. The van der Waals surface area contributed by atoms with E-state index in [1.807, 2.05) is 18.7 Å². The first kappa shape index (κ1) is 18.6. The summed E-state index contributed by atoms with van der Waals surface area (Å²) in [6.07, 6.45) is -0.783. The van der Waals surface area contributed by atoms with Crippen molar-refractivity contribution >= 4 is 0 Å². The fourth-order valence-corrected chi connectivity index (χ4v) is 1.74. The summed E-state index contributed by atoms with van der Waals surface area (Å²) in [5.41, 5.74) is 11.9. The highest BCUT2D eigenvalue weighted by atomic mass is 19.4. The van der Waals surface area contributed by atoms with Gasteiger partial charge in [0.05, 0.1) is 12.4 Å². The van der Waals surface area contributed by atoms with Gasteiger partial charge in [0.2, 0.25) is 0 Å². The summed E-state index contributed by atoms with van der Waals surface area (Å²) >= 11 is 0. The fraction of sp³-hybridized carbons (Fsp3) is 0.692. The van der Waals surface area contributed by atoms with Gasteiger partial charge >= 0.3 is 6.18 Å². The van der Waals surface area contributed by atoms with E-state index in [1.165, 1.54) is 4.90 Å². The van der Waals surface area contributed by atoms with Crippen LogP contribution in [-0.4, -0.2) is 48.7 Å². The van der Waals surface area contributed by atoms with Gasteiger partial charge < -0.3 is 16.4 Å². The van der Waals surface area contributed by atoms with Crippen LogP contribution in [0.4, 0.5) is 13.2 Å². The van der Waals surface area contributed by atoms with Gasteiger partial charge in [-0.25, -0.2) is 0 Å². The zero-order valence-electron chi connectivity index (χ0n) is 12.4. The van der Waals surface area contributed by atoms with Crippen LogP contribution in [0.25, 0.3) is 0 Å². The van der Waals surface area contributed by atoms with E-state index in [2.05, 4.69) is 0 Å². The zero-order chi connectivity index (χ0) is 15.8. The number of nitrogens with two attached hydrogens (primary N) is 2. The van der Waals surface area contributed by atoms with Gasteiger partial charge in [0, 0.05) is 31.9 Å². The van der Waals surface area contributed by atoms with Gasteiger partial charge in [-0.15, -0.1) is 0 Å². The van der Waals surface area contributed by atoms with Crippen molar-refractivity contribution < 1.29 is 13.2 Å². The summed E-state index contributed by atoms with van der Waals surface area (Å²) < 4.78 is 36.6. The number of hydrogen-bond acceptors (Lipinski definition) is 4. The maximum atomic E-state index is 12.2. The summed E-state index contributed by atoms with van der Waals surface area (Å²) in [7, 11) is 0. The third-order valence-corrected chi connectivity index (χ3v) is 2.66. The minimum Gasteiger partial charge on any atom is -0.402 e. The average Bonchev–Trinajstić information content (AvgIpc) is 2.37. The molecule has 0 aliphatic carbocycles. The highest BCUT2D eigenvalue weighted by Gasteiger charge is 2.32. The predicted molar refractivity (Wildman–Crippen MR) is 75.6 cm³/mol. The first-order chi connectivity index (χ1) is 9.28. The molecule has 1 fully saturated rings. The smallest absolute Gasteiger partial charge is 0.401 e. The molecule has 118 valence electrons. The van der Waals surface area contributed by atoms with Crippen LogP contribution in [-0.2, 0) is 0 Å². The van der Waals surface area contributed by atoms with Crippen LogP contribution < -0.4 is 11.5 Å². The lowest BCUT2D eigenvalue weighted by molar-refractivity contribution is -0.148. The van der Waals surface area contributed by atoms with E-state index in [4.69, 9.17) is 11.5 Å². The SMILES string of the molecule is C/C(N)=C/C=C(\N)N1CCN(CC(F)(F)F)CC1.CC. The van der Waals surface area contributed by atoms with Crippen molar-refractivity contribution in [3.8, 4) is 0 Å². The van der Waals surface area contributed by atoms with Crippen LogP contribution >= 0.6 is 0 Å². The van der Waals surface area contributed by atoms with Gasteiger partial charge in [0.25, 0.3) is 0 Å². The minimum atomic E-state index is -4.14. The molecule has 4 nitrogen and oxygen atoms in total. The molecule has 0 amide bonds. The fourth-order valence-electron chi connectivity index (χ4n) is 1.74. The van der Waals surface area contributed by atoms with Crippen LogP contribution in [0.5, 0.6) is 0 Å². The second-order valence-electron chi connectivity index (χ2n) is 4.38. The molecule has 20 heavy (non-hydrogen) atoms. The Labute approximate surface area is 118 Å². The summed E-state index contributed by atoms with van der Waals surface area (Å²) in [5, 5.41) is 0. The maximum absolute atomic E-state index is 12.2. The molecule has 0 saturated carbocycles. The number of hydrogen-bond donors (Lipinski definition) is 2. The lowest BCUT2D eigenvalue weighted by atomic mass is 10.3. The van der Waals surface area contributed by atoms with E-state index in [9.17, 15) is 13.2 Å². The van der Waals surface area contributed by atoms with Crippen molar-refractivity contribution in [3.63, 3.8) is 0 Å². The summed E-state index contributed by atoms with van der Waals surface area (Å²) in [6, 6.07) is 0. The number of alkyl halides is 3. The number of halogens is 3. The molecule has 0 unspecified atom stereocenters. The average molecular weight is 294 g/mol. The van der Waals surface area contributed by atoms with Crippen LogP contribution in [0.1, 0.15) is 20.8 Å². The van der Waals surface area contributed by atoms with E-state index in [1.54, 1.807) is 19.1 Å². The second-order valence-corrected chi connectivity index (χ2v) is 4.38. The largest absolute Gasteiger partial charge is 0.402 e. The number of nitrogens with zero attached hydrogens (tertiary/aromatic N) is 2. The molecule has 7 heteroatoms. The number of piperazine rings is 1. The summed E-state index contributed by atoms with van der Waals surface area (Å²) in [6.45, 7) is 6.60. The molecule has 0 spiro atoms. The monoisotopic (exact) mass is 294 g/mol. The Kier molecular flexibility index (Phi) is 8.13. The molecule has 1 saturated heterocycles. The molecule has 0 bridgehead atoms. The molecule has 1 heterocycles. The van der Waals surface area contributed by atoms with Crippen LogP contribution in [0.15, 0.2) is 23.7 Å². The van der Waals surface area contributed by atoms with E-state index in [-0.39, 0.29) is 0 Å². The lowest BCUT2D eigenvalue weighted by Crippen LogP contribution is -2.49. The van der Waals surface area contributed by atoms with Crippen molar-refractivity contribution in [3.05, 3.63) is 23.7 Å². The lowest BCUT2D eigenvalue weighted by Gasteiger charge is -2.36. The first-order valence-electron chi connectivity index (χ1n) is 6.71. The Morgan fingerprint density at radius 3 is 1.95 bits per heavy atom. The van der Waals surface area contributed by atoms with Crippen molar-refractivity contribution in [2.45, 2.75) is 26.9 Å². The Morgan fingerprint density at radius 2 is 1.55 bits per heavy atom. The Balaban J connectivity index is 0.00000172. The van der Waals surface area contributed by atoms with E-state index in [0.717, 1.165) is 0 Å². The summed E-state index contributed by atoms with van der Waals surface area (Å²) in [5.74, 6) is 0.534. The summed E-state index contributed by atoms with van der Waals surface area (Å²) in [4.78, 5) is 3.24. The maximum Gasteiger partial charge on any atom is 0.401 e. The van der Waals surface area contributed by atoms with Gasteiger partial charge in [-0.2, -0.15) is 13.2 Å². The quantitative estimate of drug-likeness (QED) is 0.780. The van der Waals surface area contributed by atoms with Crippen LogP contribution in [0.3, 0.4) is 0 Å². The molecule has 0 aromatic rings. The van der Waals surface area contributed by atoms with Crippen molar-refractivity contribution in [2.24, 2.45) is 11.5 Å². The van der Waals surface area contributed by atoms with Gasteiger partial charge in [0.1, 0.15) is 0 Å². The first-order valence-corrected chi connectivity index (χ1v) is 6.71. The van der Waals surface area contributed by atoms with Crippen LogP contribution in [0, 0.1) is 0 Å². The van der Waals surface area contributed by atoms with Crippen molar-refractivity contribution in [2.75, 3.05) is 32.7 Å². The molecule has 4 N–H and O–H groups in total. The normalized spacial score (nSPS) is 18.6. The molecular formula is C13H25F3N4. The number of rotatable bonds is 3.